The minimum atomic E-state index is -3.63. The average molecular weight is 307 g/mol. The number of benzene rings is 1. The standard InChI is InChI=1S/C12H15F2NO4S/c1-19-12(16)3-2-6-20(17,18)15-8-9-4-5-10(13)7-11(9)14/h4-5,7,15H,2-3,6,8H2,1H3. The second-order valence-corrected chi connectivity index (χ2v) is 5.98. The Labute approximate surface area is 116 Å². The van der Waals surface area contributed by atoms with Gasteiger partial charge >= 0.3 is 5.97 Å². The first kappa shape index (κ1) is 16.5. The number of carbonyl (C=O) groups excluding carboxylic acids is 1. The zero-order chi connectivity index (χ0) is 15.2. The second kappa shape index (κ2) is 7.30. The molecule has 1 aromatic carbocycles. The molecule has 0 bridgehead atoms. The van der Waals surface area contributed by atoms with E-state index in [4.69, 9.17) is 0 Å². The summed E-state index contributed by atoms with van der Waals surface area (Å²) >= 11 is 0. The SMILES string of the molecule is COC(=O)CCCS(=O)(=O)NCc1ccc(F)cc1F. The molecule has 0 aliphatic carbocycles. The summed E-state index contributed by atoms with van der Waals surface area (Å²) < 4.78 is 55.7. The summed E-state index contributed by atoms with van der Waals surface area (Å²) in [6, 6.07) is 2.90. The molecule has 0 atom stereocenters. The molecule has 0 aromatic heterocycles. The monoisotopic (exact) mass is 307 g/mol. The van der Waals surface area contributed by atoms with Gasteiger partial charge in [-0.25, -0.2) is 21.9 Å². The third-order valence-corrected chi connectivity index (χ3v) is 3.93. The Bertz CT molecular complexity index is 575. The van der Waals surface area contributed by atoms with Crippen molar-refractivity contribution in [3.63, 3.8) is 0 Å². The van der Waals surface area contributed by atoms with Gasteiger partial charge in [0.15, 0.2) is 0 Å². The van der Waals surface area contributed by atoms with E-state index in [1.165, 1.54) is 13.2 Å². The maximum Gasteiger partial charge on any atom is 0.305 e. The van der Waals surface area contributed by atoms with Crippen LogP contribution in [0.5, 0.6) is 0 Å². The van der Waals surface area contributed by atoms with Gasteiger partial charge < -0.3 is 4.74 Å². The maximum absolute atomic E-state index is 13.3. The number of carbonyl (C=O) groups is 1. The fraction of sp³-hybridized carbons (Fsp3) is 0.417. The normalized spacial score (nSPS) is 11.3. The van der Waals surface area contributed by atoms with E-state index >= 15 is 0 Å². The summed E-state index contributed by atoms with van der Waals surface area (Å²) in [6.45, 7) is -0.271. The molecule has 0 aliphatic heterocycles. The van der Waals surface area contributed by atoms with Crippen molar-refractivity contribution in [2.24, 2.45) is 0 Å². The zero-order valence-electron chi connectivity index (χ0n) is 10.9. The number of esters is 1. The highest BCUT2D eigenvalue weighted by molar-refractivity contribution is 7.89. The van der Waals surface area contributed by atoms with E-state index in [9.17, 15) is 22.0 Å². The number of ether oxygens (including phenoxy) is 1. The lowest BCUT2D eigenvalue weighted by Crippen LogP contribution is -2.26. The summed E-state index contributed by atoms with van der Waals surface area (Å²) in [5.74, 6) is -2.32. The van der Waals surface area contributed by atoms with E-state index < -0.39 is 27.6 Å². The summed E-state index contributed by atoms with van der Waals surface area (Å²) in [4.78, 5) is 10.8. The number of methoxy groups -OCH3 is 1. The fourth-order valence-electron chi connectivity index (χ4n) is 1.43. The third-order valence-electron chi connectivity index (χ3n) is 2.52. The molecule has 0 amide bonds. The number of nitrogens with one attached hydrogen (secondary N) is 1. The van der Waals surface area contributed by atoms with E-state index in [1.807, 2.05) is 0 Å². The minimum absolute atomic E-state index is 0.0116. The molecule has 0 saturated carbocycles. The highest BCUT2D eigenvalue weighted by Gasteiger charge is 2.13. The Morgan fingerprint density at radius 2 is 2.05 bits per heavy atom. The first-order chi connectivity index (χ1) is 9.34. The van der Waals surface area contributed by atoms with Crippen molar-refractivity contribution >= 4 is 16.0 Å². The van der Waals surface area contributed by atoms with E-state index in [-0.39, 0.29) is 30.7 Å². The number of rotatable bonds is 7. The van der Waals surface area contributed by atoms with Gasteiger partial charge in [0.05, 0.1) is 12.9 Å². The lowest BCUT2D eigenvalue weighted by atomic mass is 10.2. The van der Waals surface area contributed by atoms with Crippen molar-refractivity contribution in [2.45, 2.75) is 19.4 Å². The van der Waals surface area contributed by atoms with E-state index in [2.05, 4.69) is 9.46 Å². The van der Waals surface area contributed by atoms with Crippen LogP contribution >= 0.6 is 0 Å². The summed E-state index contributed by atoms with van der Waals surface area (Å²) in [6.07, 6.45) is 0.0935. The maximum atomic E-state index is 13.3. The van der Waals surface area contributed by atoms with Crippen LogP contribution in [0.15, 0.2) is 18.2 Å². The van der Waals surface area contributed by atoms with Gasteiger partial charge in [-0.1, -0.05) is 6.07 Å². The Morgan fingerprint density at radius 3 is 2.65 bits per heavy atom. The van der Waals surface area contributed by atoms with Crippen LogP contribution in [0.4, 0.5) is 8.78 Å². The third kappa shape index (κ3) is 5.62. The number of sulfonamides is 1. The van der Waals surface area contributed by atoms with Crippen LogP contribution in [-0.4, -0.2) is 27.2 Å². The van der Waals surface area contributed by atoms with Gasteiger partial charge in [0.2, 0.25) is 10.0 Å². The molecule has 0 aliphatic rings. The average Bonchev–Trinajstić information content (AvgIpc) is 2.37. The molecule has 20 heavy (non-hydrogen) atoms. The molecule has 1 aromatic rings. The molecule has 112 valence electrons. The van der Waals surface area contributed by atoms with Gasteiger partial charge in [-0.15, -0.1) is 0 Å². The largest absolute Gasteiger partial charge is 0.469 e. The van der Waals surface area contributed by atoms with Gasteiger partial charge in [-0.3, -0.25) is 4.79 Å². The van der Waals surface area contributed by atoms with Gasteiger partial charge in [0.25, 0.3) is 0 Å². The molecule has 0 heterocycles. The molecular formula is C12H15F2NO4S. The predicted molar refractivity (Wildman–Crippen MR) is 68.2 cm³/mol. The highest BCUT2D eigenvalue weighted by atomic mass is 32.2. The van der Waals surface area contributed by atoms with Crippen molar-refractivity contribution < 1.29 is 26.7 Å². The summed E-state index contributed by atoms with van der Waals surface area (Å²) in [5, 5.41) is 0. The number of halogens is 2. The van der Waals surface area contributed by atoms with Crippen LogP contribution in [0, 0.1) is 11.6 Å². The molecule has 0 radical (unpaired) electrons. The Morgan fingerprint density at radius 1 is 1.35 bits per heavy atom. The van der Waals surface area contributed by atoms with Crippen molar-refractivity contribution in [3.8, 4) is 0 Å². The van der Waals surface area contributed by atoms with Crippen LogP contribution in [0.2, 0.25) is 0 Å². The van der Waals surface area contributed by atoms with Crippen molar-refractivity contribution in [1.82, 2.24) is 4.72 Å². The minimum Gasteiger partial charge on any atom is -0.469 e. The first-order valence-electron chi connectivity index (χ1n) is 5.82. The van der Waals surface area contributed by atoms with Gasteiger partial charge in [-0.2, -0.15) is 0 Å². The molecule has 1 rings (SSSR count). The van der Waals surface area contributed by atoms with Gasteiger partial charge in [-0.05, 0) is 12.5 Å². The van der Waals surface area contributed by atoms with E-state index in [0.717, 1.165) is 6.07 Å². The Kier molecular flexibility index (Phi) is 6.03. The summed E-state index contributed by atoms with van der Waals surface area (Å²) in [7, 11) is -2.41. The Hall–Kier alpha value is -1.54. The molecule has 0 fully saturated rings. The topological polar surface area (TPSA) is 72.5 Å². The quantitative estimate of drug-likeness (QED) is 0.772. The lowest BCUT2D eigenvalue weighted by Gasteiger charge is -2.07. The fourth-order valence-corrected chi connectivity index (χ4v) is 2.48. The van der Waals surface area contributed by atoms with E-state index in [1.54, 1.807) is 0 Å². The highest BCUT2D eigenvalue weighted by Crippen LogP contribution is 2.09. The molecule has 8 heteroatoms. The van der Waals surface area contributed by atoms with Crippen molar-refractivity contribution in [3.05, 3.63) is 35.4 Å². The molecule has 1 N–H and O–H groups in total. The molecule has 0 saturated heterocycles. The molecule has 0 spiro atoms. The molecule has 0 unspecified atom stereocenters. The number of hydrogen-bond donors (Lipinski definition) is 1. The van der Waals surface area contributed by atoms with Gasteiger partial charge in [0, 0.05) is 24.6 Å². The van der Waals surface area contributed by atoms with Crippen LogP contribution in [0.3, 0.4) is 0 Å². The predicted octanol–water partition coefficient (Wildman–Crippen LogP) is 1.34. The van der Waals surface area contributed by atoms with Crippen LogP contribution in [0.25, 0.3) is 0 Å². The first-order valence-corrected chi connectivity index (χ1v) is 7.47. The second-order valence-electron chi connectivity index (χ2n) is 4.06. The smallest absolute Gasteiger partial charge is 0.305 e. The van der Waals surface area contributed by atoms with E-state index in [0.29, 0.717) is 6.07 Å². The van der Waals surface area contributed by atoms with Crippen LogP contribution in [0.1, 0.15) is 18.4 Å². The van der Waals surface area contributed by atoms with Gasteiger partial charge in [0.1, 0.15) is 11.6 Å². The van der Waals surface area contributed by atoms with Crippen LogP contribution < -0.4 is 4.72 Å². The van der Waals surface area contributed by atoms with Crippen LogP contribution in [-0.2, 0) is 26.1 Å². The molecule has 5 nitrogen and oxygen atoms in total. The zero-order valence-corrected chi connectivity index (χ0v) is 11.7. The number of hydrogen-bond acceptors (Lipinski definition) is 4. The van der Waals surface area contributed by atoms with Crippen molar-refractivity contribution in [1.29, 1.82) is 0 Å². The Balaban J connectivity index is 2.48. The van der Waals surface area contributed by atoms with Crippen molar-refractivity contribution in [2.75, 3.05) is 12.9 Å². The summed E-state index contributed by atoms with van der Waals surface area (Å²) in [5.41, 5.74) is 0.0444. The molecular weight excluding hydrogens is 292 g/mol. The lowest BCUT2D eigenvalue weighted by molar-refractivity contribution is -0.140.